The number of rotatable bonds is 5. The van der Waals surface area contributed by atoms with Gasteiger partial charge in [0.05, 0.1) is 6.17 Å². The Morgan fingerprint density at radius 3 is 1.62 bits per heavy atom. The molecular formula is C23H24N2O. The maximum absolute atomic E-state index is 10.5. The lowest BCUT2D eigenvalue weighted by Gasteiger charge is -2.31. The molecule has 1 saturated heterocycles. The highest BCUT2D eigenvalue weighted by molar-refractivity contribution is 5.35. The van der Waals surface area contributed by atoms with Gasteiger partial charge < -0.3 is 5.11 Å². The number of benzene rings is 3. The van der Waals surface area contributed by atoms with Crippen molar-refractivity contribution < 1.29 is 5.11 Å². The number of hydrogen-bond acceptors (Lipinski definition) is 3. The topological polar surface area (TPSA) is 26.7 Å². The number of phenols is 1. The Morgan fingerprint density at radius 1 is 0.654 bits per heavy atom. The van der Waals surface area contributed by atoms with Crippen LogP contribution >= 0.6 is 0 Å². The van der Waals surface area contributed by atoms with Crippen LogP contribution < -0.4 is 0 Å². The molecular weight excluding hydrogens is 320 g/mol. The van der Waals surface area contributed by atoms with Crippen molar-refractivity contribution in [3.63, 3.8) is 0 Å². The van der Waals surface area contributed by atoms with E-state index >= 15 is 0 Å². The summed E-state index contributed by atoms with van der Waals surface area (Å²) < 4.78 is 0. The van der Waals surface area contributed by atoms with E-state index in [1.54, 1.807) is 6.07 Å². The molecule has 0 unspecified atom stereocenters. The molecule has 0 spiro atoms. The molecule has 0 bridgehead atoms. The number of nitrogens with zero attached hydrogens (tertiary/aromatic N) is 2. The summed E-state index contributed by atoms with van der Waals surface area (Å²) in [6, 6.07) is 28.8. The zero-order chi connectivity index (χ0) is 17.8. The molecule has 1 aliphatic heterocycles. The Morgan fingerprint density at radius 2 is 1.12 bits per heavy atom. The Balaban J connectivity index is 1.63. The quantitative estimate of drug-likeness (QED) is 0.743. The number of phenolic OH excluding ortho intramolecular Hbond substituents is 1. The SMILES string of the molecule is Oc1ccccc1C1N(Cc2ccccc2)CCN1Cc1ccccc1. The van der Waals surface area contributed by atoms with E-state index in [4.69, 9.17) is 0 Å². The van der Waals surface area contributed by atoms with Gasteiger partial charge >= 0.3 is 0 Å². The maximum atomic E-state index is 10.5. The van der Waals surface area contributed by atoms with Crippen LogP contribution in [0.4, 0.5) is 0 Å². The molecule has 0 aromatic heterocycles. The number of aromatic hydroxyl groups is 1. The Labute approximate surface area is 155 Å². The van der Waals surface area contributed by atoms with Crippen molar-refractivity contribution in [3.05, 3.63) is 102 Å². The fourth-order valence-corrected chi connectivity index (χ4v) is 3.80. The highest BCUT2D eigenvalue weighted by atomic mass is 16.3. The largest absolute Gasteiger partial charge is 0.508 e. The molecule has 0 amide bonds. The van der Waals surface area contributed by atoms with Crippen LogP contribution in [0, 0.1) is 0 Å². The predicted molar refractivity (Wildman–Crippen MR) is 105 cm³/mol. The van der Waals surface area contributed by atoms with Crippen LogP contribution in [0.5, 0.6) is 5.75 Å². The molecule has 3 aromatic carbocycles. The van der Waals surface area contributed by atoms with Crippen molar-refractivity contribution in [1.29, 1.82) is 0 Å². The first-order chi connectivity index (χ1) is 12.8. The Hall–Kier alpha value is -2.62. The van der Waals surface area contributed by atoms with Crippen LogP contribution in [0.1, 0.15) is 22.9 Å². The summed E-state index contributed by atoms with van der Waals surface area (Å²) in [4.78, 5) is 4.90. The molecule has 1 heterocycles. The van der Waals surface area contributed by atoms with E-state index in [9.17, 15) is 5.11 Å². The molecule has 1 aliphatic rings. The number of hydrogen-bond donors (Lipinski definition) is 1. The van der Waals surface area contributed by atoms with E-state index < -0.39 is 0 Å². The second-order valence-corrected chi connectivity index (χ2v) is 6.84. The summed E-state index contributed by atoms with van der Waals surface area (Å²) >= 11 is 0. The smallest absolute Gasteiger partial charge is 0.121 e. The van der Waals surface area contributed by atoms with Crippen LogP contribution in [0.3, 0.4) is 0 Å². The van der Waals surface area contributed by atoms with Crippen molar-refractivity contribution in [2.45, 2.75) is 19.3 Å². The fourth-order valence-electron chi connectivity index (χ4n) is 3.80. The lowest BCUT2D eigenvalue weighted by molar-refractivity contribution is 0.123. The van der Waals surface area contributed by atoms with Crippen molar-refractivity contribution in [2.75, 3.05) is 13.1 Å². The minimum atomic E-state index is 0.0802. The summed E-state index contributed by atoms with van der Waals surface area (Å²) in [5, 5.41) is 10.5. The minimum absolute atomic E-state index is 0.0802. The van der Waals surface area contributed by atoms with Gasteiger partial charge in [0.1, 0.15) is 5.75 Å². The molecule has 4 rings (SSSR count). The van der Waals surface area contributed by atoms with Gasteiger partial charge in [-0.2, -0.15) is 0 Å². The van der Waals surface area contributed by atoms with Crippen molar-refractivity contribution >= 4 is 0 Å². The molecule has 0 aliphatic carbocycles. The Kier molecular flexibility index (Phi) is 5.00. The molecule has 26 heavy (non-hydrogen) atoms. The molecule has 0 saturated carbocycles. The average molecular weight is 344 g/mol. The first-order valence-electron chi connectivity index (χ1n) is 9.15. The molecule has 3 nitrogen and oxygen atoms in total. The molecule has 0 radical (unpaired) electrons. The van der Waals surface area contributed by atoms with Crippen LogP contribution in [-0.2, 0) is 13.1 Å². The predicted octanol–water partition coefficient (Wildman–Crippen LogP) is 4.41. The van der Waals surface area contributed by atoms with Gasteiger partial charge in [0, 0.05) is 31.7 Å². The monoisotopic (exact) mass is 344 g/mol. The van der Waals surface area contributed by atoms with Gasteiger partial charge in [-0.15, -0.1) is 0 Å². The van der Waals surface area contributed by atoms with Crippen LogP contribution in [-0.4, -0.2) is 28.0 Å². The first kappa shape index (κ1) is 16.8. The minimum Gasteiger partial charge on any atom is -0.508 e. The summed E-state index contributed by atoms with van der Waals surface area (Å²) in [6.45, 7) is 3.73. The maximum Gasteiger partial charge on any atom is 0.121 e. The van der Waals surface area contributed by atoms with E-state index in [-0.39, 0.29) is 6.17 Å². The van der Waals surface area contributed by atoms with E-state index in [1.165, 1.54) is 11.1 Å². The first-order valence-corrected chi connectivity index (χ1v) is 9.15. The molecule has 3 aromatic rings. The van der Waals surface area contributed by atoms with Gasteiger partial charge in [-0.1, -0.05) is 78.9 Å². The van der Waals surface area contributed by atoms with E-state index in [1.807, 2.05) is 18.2 Å². The zero-order valence-electron chi connectivity index (χ0n) is 14.8. The summed E-state index contributed by atoms with van der Waals surface area (Å²) in [7, 11) is 0. The molecule has 1 fully saturated rings. The van der Waals surface area contributed by atoms with Crippen molar-refractivity contribution in [1.82, 2.24) is 9.80 Å². The Bertz CT molecular complexity index is 786. The third kappa shape index (κ3) is 3.64. The summed E-state index contributed by atoms with van der Waals surface area (Å²) in [5.74, 6) is 0.371. The number of para-hydroxylation sites is 1. The van der Waals surface area contributed by atoms with Crippen LogP contribution in [0.15, 0.2) is 84.9 Å². The lowest BCUT2D eigenvalue weighted by Crippen LogP contribution is -2.30. The lowest BCUT2D eigenvalue weighted by atomic mass is 10.1. The highest BCUT2D eigenvalue weighted by Crippen LogP contribution is 2.36. The molecule has 1 N–H and O–H groups in total. The summed E-state index contributed by atoms with van der Waals surface area (Å²) in [5.41, 5.74) is 3.58. The van der Waals surface area contributed by atoms with Crippen molar-refractivity contribution in [2.24, 2.45) is 0 Å². The van der Waals surface area contributed by atoms with E-state index in [0.717, 1.165) is 31.7 Å². The van der Waals surface area contributed by atoms with Gasteiger partial charge in [-0.25, -0.2) is 0 Å². The average Bonchev–Trinajstić information content (AvgIpc) is 3.06. The van der Waals surface area contributed by atoms with Gasteiger partial charge in [0.15, 0.2) is 0 Å². The van der Waals surface area contributed by atoms with Crippen LogP contribution in [0.2, 0.25) is 0 Å². The molecule has 132 valence electrons. The van der Waals surface area contributed by atoms with Crippen molar-refractivity contribution in [3.8, 4) is 5.75 Å². The van der Waals surface area contributed by atoms with Gasteiger partial charge in [-0.3, -0.25) is 9.80 Å². The van der Waals surface area contributed by atoms with Gasteiger partial charge in [0.2, 0.25) is 0 Å². The van der Waals surface area contributed by atoms with E-state index in [2.05, 4.69) is 70.5 Å². The second kappa shape index (κ2) is 7.73. The molecule has 3 heteroatoms. The second-order valence-electron chi connectivity index (χ2n) is 6.84. The fraction of sp³-hybridized carbons (Fsp3) is 0.217. The van der Waals surface area contributed by atoms with Gasteiger partial charge in [0.25, 0.3) is 0 Å². The standard InChI is InChI=1S/C23H24N2O/c26-22-14-8-7-13-21(22)23-24(17-19-9-3-1-4-10-19)15-16-25(23)18-20-11-5-2-6-12-20/h1-14,23,26H,15-18H2. The summed E-state index contributed by atoms with van der Waals surface area (Å²) in [6.07, 6.45) is 0.0802. The van der Waals surface area contributed by atoms with Gasteiger partial charge in [-0.05, 0) is 17.2 Å². The zero-order valence-corrected chi connectivity index (χ0v) is 14.8. The molecule has 0 atom stereocenters. The third-order valence-electron chi connectivity index (χ3n) is 5.04. The highest BCUT2D eigenvalue weighted by Gasteiger charge is 2.34. The van der Waals surface area contributed by atoms with Crippen LogP contribution in [0.25, 0.3) is 0 Å². The van der Waals surface area contributed by atoms with E-state index in [0.29, 0.717) is 5.75 Å². The normalized spacial score (nSPS) is 16.2. The third-order valence-corrected chi connectivity index (χ3v) is 5.04.